The summed E-state index contributed by atoms with van der Waals surface area (Å²) in [5.41, 5.74) is 1.28. The Morgan fingerprint density at radius 1 is 1.32 bits per heavy atom. The maximum Gasteiger partial charge on any atom is 0.147 e. The van der Waals surface area contributed by atoms with Gasteiger partial charge in [0.2, 0.25) is 0 Å². The normalized spacial score (nSPS) is 13.1. The fourth-order valence-corrected chi connectivity index (χ4v) is 2.35. The van der Waals surface area contributed by atoms with E-state index in [1.165, 1.54) is 5.69 Å². The van der Waals surface area contributed by atoms with Crippen molar-refractivity contribution < 1.29 is 0 Å². The zero-order valence-corrected chi connectivity index (χ0v) is 12.2. The zero-order valence-electron chi connectivity index (χ0n) is 12.2. The number of aromatic nitrogens is 4. The van der Waals surface area contributed by atoms with Crippen LogP contribution in [0.1, 0.15) is 51.3 Å². The molecule has 5 nitrogen and oxygen atoms in total. The summed E-state index contributed by atoms with van der Waals surface area (Å²) in [5.74, 6) is 0.996. The molecule has 2 aromatic rings. The molecule has 0 aromatic carbocycles. The first kappa shape index (κ1) is 13.8. The Hall–Kier alpha value is -1.62. The minimum absolute atomic E-state index is 0.336. The van der Waals surface area contributed by atoms with Gasteiger partial charge in [0.1, 0.15) is 12.2 Å². The molecule has 0 amide bonds. The summed E-state index contributed by atoms with van der Waals surface area (Å²) in [5, 5.41) is 7.73. The maximum atomic E-state index is 4.37. The summed E-state index contributed by atoms with van der Waals surface area (Å²) >= 11 is 0. The van der Waals surface area contributed by atoms with E-state index in [2.05, 4.69) is 66.0 Å². The Kier molecular flexibility index (Phi) is 4.37. The van der Waals surface area contributed by atoms with Crippen molar-refractivity contribution in [2.75, 3.05) is 6.54 Å². The molecule has 0 saturated carbocycles. The molecule has 0 saturated heterocycles. The first-order chi connectivity index (χ1) is 9.13. The standard InChI is InChI=1S/C14H23N5/c1-5-15-12(4)13-7-6-8-18(13)9-14-16-10-17-19(14)11(2)3/h6-8,10-12,15H,5,9H2,1-4H3. The summed E-state index contributed by atoms with van der Waals surface area (Å²) in [6.45, 7) is 10.3. The molecule has 2 aromatic heterocycles. The molecule has 2 heterocycles. The van der Waals surface area contributed by atoms with Crippen LogP contribution in [0.2, 0.25) is 0 Å². The summed E-state index contributed by atoms with van der Waals surface area (Å²) in [6, 6.07) is 4.92. The van der Waals surface area contributed by atoms with Gasteiger partial charge >= 0.3 is 0 Å². The van der Waals surface area contributed by atoms with Gasteiger partial charge in [0.15, 0.2) is 0 Å². The van der Waals surface area contributed by atoms with Gasteiger partial charge in [-0.05, 0) is 39.4 Å². The van der Waals surface area contributed by atoms with E-state index in [4.69, 9.17) is 0 Å². The zero-order chi connectivity index (χ0) is 13.8. The maximum absolute atomic E-state index is 4.37. The van der Waals surface area contributed by atoms with E-state index in [1.807, 2.05) is 4.68 Å². The lowest BCUT2D eigenvalue weighted by molar-refractivity contribution is 0.486. The van der Waals surface area contributed by atoms with Crippen LogP contribution in [0.25, 0.3) is 0 Å². The van der Waals surface area contributed by atoms with Gasteiger partial charge in [-0.15, -0.1) is 0 Å². The van der Waals surface area contributed by atoms with E-state index in [-0.39, 0.29) is 0 Å². The van der Waals surface area contributed by atoms with Gasteiger partial charge in [-0.1, -0.05) is 6.92 Å². The van der Waals surface area contributed by atoms with Crippen molar-refractivity contribution in [3.05, 3.63) is 36.2 Å². The quantitative estimate of drug-likeness (QED) is 0.868. The van der Waals surface area contributed by atoms with E-state index >= 15 is 0 Å². The van der Waals surface area contributed by atoms with Crippen LogP contribution >= 0.6 is 0 Å². The second-order valence-corrected chi connectivity index (χ2v) is 5.05. The average molecular weight is 261 g/mol. The Balaban J connectivity index is 2.19. The third-order valence-electron chi connectivity index (χ3n) is 3.27. The van der Waals surface area contributed by atoms with Crippen molar-refractivity contribution in [3.63, 3.8) is 0 Å². The molecule has 2 rings (SSSR count). The van der Waals surface area contributed by atoms with Crippen LogP contribution < -0.4 is 5.32 Å². The molecule has 0 fully saturated rings. The first-order valence-corrected chi connectivity index (χ1v) is 6.90. The predicted octanol–water partition coefficient (Wildman–Crippen LogP) is 2.38. The molecule has 0 spiro atoms. The fraction of sp³-hybridized carbons (Fsp3) is 0.571. The topological polar surface area (TPSA) is 47.7 Å². The van der Waals surface area contributed by atoms with E-state index < -0.39 is 0 Å². The lowest BCUT2D eigenvalue weighted by Crippen LogP contribution is -2.21. The average Bonchev–Trinajstić information content (AvgIpc) is 2.98. The molecule has 1 N–H and O–H groups in total. The van der Waals surface area contributed by atoms with Crippen molar-refractivity contribution in [2.24, 2.45) is 0 Å². The van der Waals surface area contributed by atoms with Crippen LogP contribution in [-0.2, 0) is 6.54 Å². The van der Waals surface area contributed by atoms with E-state index in [1.54, 1.807) is 6.33 Å². The van der Waals surface area contributed by atoms with Crippen LogP contribution in [-0.4, -0.2) is 25.9 Å². The molecule has 104 valence electrons. The second kappa shape index (κ2) is 6.02. The van der Waals surface area contributed by atoms with Gasteiger partial charge in [0.05, 0.1) is 6.54 Å². The number of nitrogens with one attached hydrogen (secondary N) is 1. The molecular formula is C14H23N5. The summed E-state index contributed by atoms with van der Waals surface area (Å²) in [6.07, 6.45) is 3.73. The molecule has 1 atom stereocenters. The second-order valence-electron chi connectivity index (χ2n) is 5.05. The fourth-order valence-electron chi connectivity index (χ4n) is 2.35. The molecule has 0 aliphatic carbocycles. The van der Waals surface area contributed by atoms with Crippen molar-refractivity contribution in [1.29, 1.82) is 0 Å². The van der Waals surface area contributed by atoms with Crippen molar-refractivity contribution in [2.45, 2.75) is 46.3 Å². The van der Waals surface area contributed by atoms with E-state index in [0.29, 0.717) is 12.1 Å². The van der Waals surface area contributed by atoms with Crippen molar-refractivity contribution >= 4 is 0 Å². The molecule has 0 bridgehead atoms. The highest BCUT2D eigenvalue weighted by Crippen LogP contribution is 2.15. The Morgan fingerprint density at radius 3 is 2.79 bits per heavy atom. The summed E-state index contributed by atoms with van der Waals surface area (Å²) < 4.78 is 4.21. The number of hydrogen-bond acceptors (Lipinski definition) is 3. The SMILES string of the molecule is CCNC(C)c1cccn1Cc1ncnn1C(C)C. The number of rotatable bonds is 6. The molecular weight excluding hydrogens is 238 g/mol. The Labute approximate surface area is 114 Å². The molecule has 0 aliphatic rings. The minimum atomic E-state index is 0.336. The van der Waals surface area contributed by atoms with Gasteiger partial charge in [-0.3, -0.25) is 0 Å². The van der Waals surface area contributed by atoms with Crippen LogP contribution in [0, 0.1) is 0 Å². The summed E-state index contributed by atoms with van der Waals surface area (Å²) in [4.78, 5) is 4.37. The largest absolute Gasteiger partial charge is 0.342 e. The molecule has 1 unspecified atom stereocenters. The van der Waals surface area contributed by atoms with E-state index in [9.17, 15) is 0 Å². The van der Waals surface area contributed by atoms with Crippen molar-refractivity contribution in [1.82, 2.24) is 24.6 Å². The highest BCUT2D eigenvalue weighted by Gasteiger charge is 2.12. The van der Waals surface area contributed by atoms with Crippen LogP contribution in [0.3, 0.4) is 0 Å². The number of hydrogen-bond donors (Lipinski definition) is 1. The predicted molar refractivity (Wildman–Crippen MR) is 76.0 cm³/mol. The lowest BCUT2D eigenvalue weighted by atomic mass is 10.2. The monoisotopic (exact) mass is 261 g/mol. The van der Waals surface area contributed by atoms with Crippen LogP contribution in [0.15, 0.2) is 24.7 Å². The van der Waals surface area contributed by atoms with Crippen LogP contribution in [0.5, 0.6) is 0 Å². The van der Waals surface area contributed by atoms with Gasteiger partial charge in [-0.25, -0.2) is 9.67 Å². The molecule has 0 aliphatic heterocycles. The van der Waals surface area contributed by atoms with Crippen LogP contribution in [0.4, 0.5) is 0 Å². The highest BCUT2D eigenvalue weighted by atomic mass is 15.4. The smallest absolute Gasteiger partial charge is 0.147 e. The van der Waals surface area contributed by atoms with E-state index in [0.717, 1.165) is 18.9 Å². The van der Waals surface area contributed by atoms with Gasteiger partial charge in [0, 0.05) is 24.0 Å². The minimum Gasteiger partial charge on any atom is -0.342 e. The Morgan fingerprint density at radius 2 is 2.11 bits per heavy atom. The highest BCUT2D eigenvalue weighted by molar-refractivity contribution is 5.12. The van der Waals surface area contributed by atoms with Crippen molar-refractivity contribution in [3.8, 4) is 0 Å². The van der Waals surface area contributed by atoms with Gasteiger partial charge in [0.25, 0.3) is 0 Å². The molecule has 5 heteroatoms. The molecule has 19 heavy (non-hydrogen) atoms. The first-order valence-electron chi connectivity index (χ1n) is 6.90. The molecule has 0 radical (unpaired) electrons. The van der Waals surface area contributed by atoms with Gasteiger partial charge in [-0.2, -0.15) is 5.10 Å². The third-order valence-corrected chi connectivity index (χ3v) is 3.27. The third kappa shape index (κ3) is 3.04. The summed E-state index contributed by atoms with van der Waals surface area (Å²) in [7, 11) is 0. The Bertz CT molecular complexity index is 511. The lowest BCUT2D eigenvalue weighted by Gasteiger charge is -2.17. The number of nitrogens with zero attached hydrogens (tertiary/aromatic N) is 4. The van der Waals surface area contributed by atoms with Gasteiger partial charge < -0.3 is 9.88 Å².